The van der Waals surface area contributed by atoms with Gasteiger partial charge >= 0.3 is 0 Å². The van der Waals surface area contributed by atoms with Crippen molar-refractivity contribution >= 4 is 16.8 Å². The Kier molecular flexibility index (Phi) is 3.81. The minimum absolute atomic E-state index is 0.171. The minimum Gasteiger partial charge on any atom is -0.268 e. The van der Waals surface area contributed by atoms with Gasteiger partial charge in [0.05, 0.1) is 11.1 Å². The number of aromatic amines is 1. The monoisotopic (exact) mass is 381 g/mol. The number of H-pyrrole nitrogens is 1. The lowest BCUT2D eigenvalue weighted by atomic mass is 9.99. The van der Waals surface area contributed by atoms with Gasteiger partial charge in [-0.2, -0.15) is 10.1 Å². The highest BCUT2D eigenvalue weighted by Gasteiger charge is 2.17. The standard InChI is InChI=1S/C23H19N5O/c1-13-4-8-16(9-5-13)18-12-19(17-10-6-14(2)7-11-17)24-21-20(18)22(29)28-15(3)26-27-23(28)25-21/h4-12H,1-3H3,(H,24,25,27). The largest absolute Gasteiger partial charge is 0.270 e. The summed E-state index contributed by atoms with van der Waals surface area (Å²) in [5.74, 6) is 0.959. The zero-order valence-electron chi connectivity index (χ0n) is 16.4. The molecule has 0 atom stereocenters. The van der Waals surface area contributed by atoms with E-state index in [1.807, 2.05) is 49.4 Å². The van der Waals surface area contributed by atoms with E-state index >= 15 is 0 Å². The molecule has 0 aliphatic carbocycles. The molecule has 3 aromatic heterocycles. The molecule has 6 heteroatoms. The second kappa shape index (κ2) is 6.38. The second-order valence-electron chi connectivity index (χ2n) is 7.33. The number of pyridine rings is 1. The van der Waals surface area contributed by atoms with Gasteiger partial charge in [-0.15, -0.1) is 0 Å². The Morgan fingerprint density at radius 2 is 1.45 bits per heavy atom. The summed E-state index contributed by atoms with van der Waals surface area (Å²) in [4.78, 5) is 22.7. The van der Waals surface area contributed by atoms with Crippen molar-refractivity contribution in [1.29, 1.82) is 0 Å². The van der Waals surface area contributed by atoms with E-state index in [0.717, 1.165) is 27.9 Å². The highest BCUT2D eigenvalue weighted by Crippen LogP contribution is 2.30. The molecule has 0 fully saturated rings. The van der Waals surface area contributed by atoms with Crippen molar-refractivity contribution in [3.63, 3.8) is 0 Å². The fourth-order valence-corrected chi connectivity index (χ4v) is 3.57. The lowest BCUT2D eigenvalue weighted by Gasteiger charge is -2.10. The molecule has 0 amide bonds. The van der Waals surface area contributed by atoms with Gasteiger partial charge in [-0.05, 0) is 32.4 Å². The van der Waals surface area contributed by atoms with E-state index in [9.17, 15) is 4.79 Å². The summed E-state index contributed by atoms with van der Waals surface area (Å²) in [5.41, 5.74) is 6.11. The highest BCUT2D eigenvalue weighted by molar-refractivity contribution is 5.95. The number of fused-ring (bicyclic) bond motifs is 2. The van der Waals surface area contributed by atoms with Gasteiger partial charge in [0, 0.05) is 11.1 Å². The summed E-state index contributed by atoms with van der Waals surface area (Å²) in [6, 6.07) is 18.3. The van der Waals surface area contributed by atoms with Gasteiger partial charge < -0.3 is 0 Å². The topological polar surface area (TPSA) is 75.9 Å². The molecule has 142 valence electrons. The van der Waals surface area contributed by atoms with E-state index in [4.69, 9.17) is 4.98 Å². The van der Waals surface area contributed by atoms with Crippen molar-refractivity contribution in [3.05, 3.63) is 81.9 Å². The lowest BCUT2D eigenvalue weighted by molar-refractivity contribution is 0.985. The van der Waals surface area contributed by atoms with E-state index in [1.54, 1.807) is 6.92 Å². The van der Waals surface area contributed by atoms with E-state index in [2.05, 4.69) is 34.2 Å². The Hall–Kier alpha value is -3.80. The average Bonchev–Trinajstić information content (AvgIpc) is 3.09. The summed E-state index contributed by atoms with van der Waals surface area (Å²) in [6.45, 7) is 5.87. The van der Waals surface area contributed by atoms with E-state index in [1.165, 1.54) is 9.96 Å². The third-order valence-electron chi connectivity index (χ3n) is 5.19. The predicted molar refractivity (Wildman–Crippen MR) is 114 cm³/mol. The van der Waals surface area contributed by atoms with Crippen LogP contribution in [0.5, 0.6) is 0 Å². The van der Waals surface area contributed by atoms with Crippen LogP contribution in [0.15, 0.2) is 59.4 Å². The molecular formula is C23H19N5O. The van der Waals surface area contributed by atoms with Crippen LogP contribution in [0.3, 0.4) is 0 Å². The van der Waals surface area contributed by atoms with Crippen LogP contribution >= 0.6 is 0 Å². The first-order valence-corrected chi connectivity index (χ1v) is 9.44. The summed E-state index contributed by atoms with van der Waals surface area (Å²) < 4.78 is 1.49. The first-order valence-electron chi connectivity index (χ1n) is 9.44. The molecule has 2 aromatic carbocycles. The zero-order valence-corrected chi connectivity index (χ0v) is 16.4. The van der Waals surface area contributed by atoms with Crippen LogP contribution in [0, 0.1) is 20.8 Å². The van der Waals surface area contributed by atoms with Crippen molar-refractivity contribution in [3.8, 4) is 22.4 Å². The number of nitrogens with zero attached hydrogens (tertiary/aromatic N) is 4. The third-order valence-corrected chi connectivity index (χ3v) is 5.19. The number of nitrogens with one attached hydrogen (secondary N) is 1. The van der Waals surface area contributed by atoms with E-state index < -0.39 is 0 Å². The number of benzene rings is 2. The van der Waals surface area contributed by atoms with Crippen LogP contribution in [-0.2, 0) is 0 Å². The molecule has 5 aromatic rings. The Morgan fingerprint density at radius 1 is 0.828 bits per heavy atom. The Labute approximate surface area is 166 Å². The number of aromatic nitrogens is 5. The predicted octanol–water partition coefficient (Wildman–Crippen LogP) is 4.23. The van der Waals surface area contributed by atoms with E-state index in [0.29, 0.717) is 22.6 Å². The summed E-state index contributed by atoms with van der Waals surface area (Å²) >= 11 is 0. The molecule has 0 radical (unpaired) electrons. The summed E-state index contributed by atoms with van der Waals surface area (Å²) in [7, 11) is 0. The summed E-state index contributed by atoms with van der Waals surface area (Å²) in [5, 5.41) is 7.44. The van der Waals surface area contributed by atoms with Crippen molar-refractivity contribution in [2.24, 2.45) is 0 Å². The Morgan fingerprint density at radius 3 is 2.10 bits per heavy atom. The smallest absolute Gasteiger partial charge is 0.268 e. The molecule has 0 bridgehead atoms. The van der Waals surface area contributed by atoms with Gasteiger partial charge in [-0.3, -0.25) is 4.79 Å². The maximum absolute atomic E-state index is 13.3. The van der Waals surface area contributed by atoms with Gasteiger partial charge in [0.25, 0.3) is 5.56 Å². The fourth-order valence-electron chi connectivity index (χ4n) is 3.57. The maximum atomic E-state index is 13.3. The number of aryl methyl sites for hydroxylation is 3. The van der Waals surface area contributed by atoms with Crippen molar-refractivity contribution < 1.29 is 0 Å². The first-order chi connectivity index (χ1) is 14.0. The Bertz CT molecular complexity index is 1430. The molecule has 0 saturated heterocycles. The fraction of sp³-hybridized carbons (Fsp3) is 0.130. The van der Waals surface area contributed by atoms with Gasteiger partial charge in [0.1, 0.15) is 5.82 Å². The molecule has 3 heterocycles. The van der Waals surface area contributed by atoms with Crippen molar-refractivity contribution in [2.45, 2.75) is 20.8 Å². The number of rotatable bonds is 2. The second-order valence-corrected chi connectivity index (χ2v) is 7.33. The Balaban J connectivity index is 1.90. The SMILES string of the molecule is Cc1ccc(-c2cc(-c3ccc(C)cc3)c3c(=O)n4c(C)n[nH]c4nc3n2)cc1. The third kappa shape index (κ3) is 2.81. The van der Waals surface area contributed by atoms with Crippen LogP contribution in [0.2, 0.25) is 0 Å². The van der Waals surface area contributed by atoms with Crippen LogP contribution < -0.4 is 5.56 Å². The van der Waals surface area contributed by atoms with Crippen molar-refractivity contribution in [2.75, 3.05) is 0 Å². The van der Waals surface area contributed by atoms with Gasteiger partial charge in [0.15, 0.2) is 5.65 Å². The number of hydrogen-bond acceptors (Lipinski definition) is 4. The van der Waals surface area contributed by atoms with Gasteiger partial charge in [-0.25, -0.2) is 14.5 Å². The molecule has 0 aliphatic heterocycles. The first kappa shape index (κ1) is 17.3. The number of hydrogen-bond donors (Lipinski definition) is 1. The van der Waals surface area contributed by atoms with Crippen LogP contribution in [-0.4, -0.2) is 24.6 Å². The minimum atomic E-state index is -0.171. The maximum Gasteiger partial charge on any atom is 0.270 e. The molecule has 0 spiro atoms. The van der Waals surface area contributed by atoms with Crippen LogP contribution in [0.1, 0.15) is 17.0 Å². The molecule has 1 N–H and O–H groups in total. The molecule has 6 nitrogen and oxygen atoms in total. The molecule has 0 saturated carbocycles. The van der Waals surface area contributed by atoms with E-state index in [-0.39, 0.29) is 5.56 Å². The van der Waals surface area contributed by atoms with Gasteiger partial charge in [-0.1, -0.05) is 59.7 Å². The van der Waals surface area contributed by atoms with Gasteiger partial charge in [0.2, 0.25) is 5.78 Å². The molecule has 5 rings (SSSR count). The van der Waals surface area contributed by atoms with Crippen LogP contribution in [0.25, 0.3) is 39.2 Å². The zero-order chi connectivity index (χ0) is 20.1. The lowest BCUT2D eigenvalue weighted by Crippen LogP contribution is -2.17. The normalized spacial score (nSPS) is 11.4. The molecule has 0 unspecified atom stereocenters. The molecule has 0 aliphatic rings. The highest BCUT2D eigenvalue weighted by atomic mass is 16.1. The quantitative estimate of drug-likeness (QED) is 0.497. The average molecular weight is 381 g/mol. The molecular weight excluding hydrogens is 362 g/mol. The molecule has 29 heavy (non-hydrogen) atoms. The summed E-state index contributed by atoms with van der Waals surface area (Å²) in [6.07, 6.45) is 0. The van der Waals surface area contributed by atoms with Crippen molar-refractivity contribution in [1.82, 2.24) is 24.6 Å². The van der Waals surface area contributed by atoms with Crippen LogP contribution in [0.4, 0.5) is 0 Å².